The molecule has 1 atom stereocenters. The van der Waals surface area contributed by atoms with Gasteiger partial charge in [-0.2, -0.15) is 4.31 Å². The third-order valence-electron chi connectivity index (χ3n) is 5.09. The van der Waals surface area contributed by atoms with Crippen molar-refractivity contribution in [2.24, 2.45) is 0 Å². The number of aryl methyl sites for hydroxylation is 3. The van der Waals surface area contributed by atoms with Gasteiger partial charge in [-0.25, -0.2) is 8.42 Å². The molecule has 4 heteroatoms. The lowest BCUT2D eigenvalue weighted by Crippen LogP contribution is -2.35. The van der Waals surface area contributed by atoms with E-state index in [1.165, 1.54) is 18.4 Å². The van der Waals surface area contributed by atoms with Crippen molar-refractivity contribution in [2.75, 3.05) is 6.54 Å². The monoisotopic (exact) mass is 333 g/mol. The molecular formula is C19H27NO2S. The quantitative estimate of drug-likeness (QED) is 0.775. The molecule has 0 amide bonds. The zero-order valence-electron chi connectivity index (χ0n) is 14.4. The molecular weight excluding hydrogens is 306 g/mol. The molecule has 23 heavy (non-hydrogen) atoms. The highest BCUT2D eigenvalue weighted by Gasteiger charge is 2.36. The van der Waals surface area contributed by atoms with E-state index < -0.39 is 10.0 Å². The lowest BCUT2D eigenvalue weighted by Gasteiger charge is -2.24. The minimum atomic E-state index is -3.42. The van der Waals surface area contributed by atoms with Gasteiger partial charge in [-0.3, -0.25) is 0 Å². The van der Waals surface area contributed by atoms with Crippen LogP contribution < -0.4 is 0 Å². The number of allylic oxidation sites excluding steroid dienone is 1. The maximum absolute atomic E-state index is 13.3. The highest BCUT2D eigenvalue weighted by atomic mass is 32.2. The van der Waals surface area contributed by atoms with Gasteiger partial charge in [0.1, 0.15) is 0 Å². The minimum absolute atomic E-state index is 0.0493. The maximum atomic E-state index is 13.3. The summed E-state index contributed by atoms with van der Waals surface area (Å²) < 4.78 is 28.3. The van der Waals surface area contributed by atoms with E-state index >= 15 is 0 Å². The van der Waals surface area contributed by atoms with Crippen LogP contribution >= 0.6 is 0 Å². The van der Waals surface area contributed by atoms with Crippen molar-refractivity contribution in [2.45, 2.75) is 70.2 Å². The average molecular weight is 333 g/mol. The summed E-state index contributed by atoms with van der Waals surface area (Å²) in [7, 11) is -3.42. The van der Waals surface area contributed by atoms with E-state index in [1.54, 1.807) is 4.31 Å². The summed E-state index contributed by atoms with van der Waals surface area (Å²) in [5.74, 6) is 0. The van der Waals surface area contributed by atoms with Gasteiger partial charge in [-0.05, 0) is 70.4 Å². The van der Waals surface area contributed by atoms with Gasteiger partial charge in [0.15, 0.2) is 0 Å². The Labute approximate surface area is 140 Å². The van der Waals surface area contributed by atoms with E-state index in [0.29, 0.717) is 11.4 Å². The van der Waals surface area contributed by atoms with E-state index in [4.69, 9.17) is 0 Å². The SMILES string of the molecule is Cc1cc(C)c(S(=O)(=O)N2CCCC2C=C2CCCC2)c(C)c1. The molecule has 1 heterocycles. The maximum Gasteiger partial charge on any atom is 0.244 e. The number of sulfonamides is 1. The van der Waals surface area contributed by atoms with Crippen LogP contribution in [0.3, 0.4) is 0 Å². The zero-order chi connectivity index (χ0) is 16.6. The fourth-order valence-electron chi connectivity index (χ4n) is 4.19. The van der Waals surface area contributed by atoms with Gasteiger partial charge in [0.2, 0.25) is 10.0 Å². The first kappa shape index (κ1) is 16.7. The molecule has 0 aromatic heterocycles. The molecule has 0 radical (unpaired) electrons. The average Bonchev–Trinajstić information content (AvgIpc) is 3.09. The smallest absolute Gasteiger partial charge is 0.207 e. The third kappa shape index (κ3) is 3.24. The van der Waals surface area contributed by atoms with Crippen molar-refractivity contribution in [3.63, 3.8) is 0 Å². The molecule has 0 N–H and O–H groups in total. The Morgan fingerprint density at radius 3 is 2.26 bits per heavy atom. The first-order valence-corrected chi connectivity index (χ1v) is 10.1. The van der Waals surface area contributed by atoms with Crippen LogP contribution in [0.25, 0.3) is 0 Å². The van der Waals surface area contributed by atoms with E-state index in [-0.39, 0.29) is 6.04 Å². The minimum Gasteiger partial charge on any atom is -0.207 e. The van der Waals surface area contributed by atoms with Crippen molar-refractivity contribution in [1.82, 2.24) is 4.31 Å². The summed E-state index contributed by atoms with van der Waals surface area (Å²) >= 11 is 0. The molecule has 126 valence electrons. The van der Waals surface area contributed by atoms with Gasteiger partial charge < -0.3 is 0 Å². The number of hydrogen-bond donors (Lipinski definition) is 0. The fourth-order valence-corrected chi connectivity index (χ4v) is 6.25. The third-order valence-corrected chi connectivity index (χ3v) is 7.32. The van der Waals surface area contributed by atoms with Crippen molar-refractivity contribution in [3.8, 4) is 0 Å². The van der Waals surface area contributed by atoms with Crippen molar-refractivity contribution < 1.29 is 8.42 Å². The first-order chi connectivity index (χ1) is 10.9. The van der Waals surface area contributed by atoms with Gasteiger partial charge in [-0.1, -0.05) is 29.3 Å². The Balaban J connectivity index is 1.97. The molecule has 1 aliphatic carbocycles. The van der Waals surface area contributed by atoms with Crippen LogP contribution in [-0.2, 0) is 10.0 Å². The summed E-state index contributed by atoms with van der Waals surface area (Å²) in [5.41, 5.74) is 4.29. The van der Waals surface area contributed by atoms with E-state index in [2.05, 4.69) is 6.08 Å². The van der Waals surface area contributed by atoms with E-state index in [1.807, 2.05) is 32.9 Å². The molecule has 1 saturated heterocycles. The summed E-state index contributed by atoms with van der Waals surface area (Å²) in [6.45, 7) is 6.48. The summed E-state index contributed by atoms with van der Waals surface area (Å²) in [5, 5.41) is 0. The van der Waals surface area contributed by atoms with Crippen molar-refractivity contribution in [3.05, 3.63) is 40.5 Å². The Kier molecular flexibility index (Phi) is 4.65. The van der Waals surface area contributed by atoms with Gasteiger partial charge in [0, 0.05) is 12.6 Å². The summed E-state index contributed by atoms with van der Waals surface area (Å²) in [6, 6.07) is 3.99. The largest absolute Gasteiger partial charge is 0.244 e. The highest BCUT2D eigenvalue weighted by Crippen LogP contribution is 2.33. The second-order valence-corrected chi connectivity index (χ2v) is 8.91. The lowest BCUT2D eigenvalue weighted by atomic mass is 10.1. The fraction of sp³-hybridized carbons (Fsp3) is 0.579. The normalized spacial score (nSPS) is 22.7. The van der Waals surface area contributed by atoms with Gasteiger partial charge in [-0.15, -0.1) is 0 Å². The standard InChI is InChI=1S/C19H27NO2S/c1-14-11-15(2)19(16(3)12-14)23(21,22)20-10-6-9-18(20)13-17-7-4-5-8-17/h11-13,18H,4-10H2,1-3H3. The molecule has 3 nitrogen and oxygen atoms in total. The number of rotatable bonds is 3. The molecule has 0 bridgehead atoms. The molecule has 1 unspecified atom stereocenters. The van der Waals surface area contributed by atoms with Gasteiger partial charge in [0.25, 0.3) is 0 Å². The van der Waals surface area contributed by atoms with Crippen LogP contribution in [0.15, 0.2) is 28.7 Å². The van der Waals surface area contributed by atoms with Gasteiger partial charge in [0.05, 0.1) is 4.90 Å². The van der Waals surface area contributed by atoms with Crippen LogP contribution in [0.4, 0.5) is 0 Å². The Hall–Kier alpha value is -1.13. The lowest BCUT2D eigenvalue weighted by molar-refractivity contribution is 0.430. The highest BCUT2D eigenvalue weighted by molar-refractivity contribution is 7.89. The number of benzene rings is 1. The Morgan fingerprint density at radius 1 is 1.04 bits per heavy atom. The number of hydrogen-bond acceptors (Lipinski definition) is 2. The second-order valence-electron chi connectivity index (χ2n) is 7.09. The summed E-state index contributed by atoms with van der Waals surface area (Å²) in [4.78, 5) is 0.514. The molecule has 1 aliphatic heterocycles. The van der Waals surface area contributed by atoms with Crippen LogP contribution in [0, 0.1) is 20.8 Å². The molecule has 3 rings (SSSR count). The summed E-state index contributed by atoms with van der Waals surface area (Å²) in [6.07, 6.45) is 8.95. The van der Waals surface area contributed by atoms with Crippen LogP contribution in [0.5, 0.6) is 0 Å². The van der Waals surface area contributed by atoms with Crippen LogP contribution in [0.1, 0.15) is 55.2 Å². The van der Waals surface area contributed by atoms with Gasteiger partial charge >= 0.3 is 0 Å². The predicted molar refractivity (Wildman–Crippen MR) is 94.1 cm³/mol. The zero-order valence-corrected chi connectivity index (χ0v) is 15.2. The molecule has 1 saturated carbocycles. The van der Waals surface area contributed by atoms with E-state index in [0.717, 1.165) is 42.4 Å². The van der Waals surface area contributed by atoms with Crippen LogP contribution in [0.2, 0.25) is 0 Å². The van der Waals surface area contributed by atoms with Crippen molar-refractivity contribution >= 4 is 10.0 Å². The molecule has 0 spiro atoms. The predicted octanol–water partition coefficient (Wildman–Crippen LogP) is 4.27. The number of nitrogens with zero attached hydrogens (tertiary/aromatic N) is 1. The molecule has 1 aromatic carbocycles. The Bertz CT molecular complexity index is 703. The van der Waals surface area contributed by atoms with E-state index in [9.17, 15) is 8.42 Å². The topological polar surface area (TPSA) is 37.4 Å². The first-order valence-electron chi connectivity index (χ1n) is 8.69. The van der Waals surface area contributed by atoms with Crippen LogP contribution in [-0.4, -0.2) is 25.3 Å². The molecule has 2 fully saturated rings. The molecule has 2 aliphatic rings. The Morgan fingerprint density at radius 2 is 1.65 bits per heavy atom. The molecule has 1 aromatic rings. The second kappa shape index (κ2) is 6.40. The van der Waals surface area contributed by atoms with Crippen molar-refractivity contribution in [1.29, 1.82) is 0 Å².